The van der Waals surface area contributed by atoms with Crippen LogP contribution in [0.15, 0.2) is 79.4 Å². The molecule has 0 aromatic heterocycles. The molecule has 0 heterocycles. The Hall–Kier alpha value is -2.24. The van der Waals surface area contributed by atoms with E-state index in [1.165, 1.54) is 6.07 Å². The lowest BCUT2D eigenvalue weighted by molar-refractivity contribution is -0.288. The Morgan fingerprint density at radius 2 is 1.35 bits per heavy atom. The van der Waals surface area contributed by atoms with Crippen LogP contribution in [0.5, 0.6) is 0 Å². The number of alkyl halides is 6. The van der Waals surface area contributed by atoms with Crippen molar-refractivity contribution in [3.05, 3.63) is 85.0 Å². The average molecular weight is 332 g/mol. The molecule has 1 aromatic carbocycles. The van der Waals surface area contributed by atoms with Gasteiger partial charge in [0.15, 0.2) is 0 Å². The van der Waals surface area contributed by atoms with Gasteiger partial charge in [0.25, 0.3) is 0 Å². The first kappa shape index (κ1) is 18.8. The van der Waals surface area contributed by atoms with E-state index in [1.54, 1.807) is 0 Å². The van der Waals surface area contributed by atoms with Gasteiger partial charge in [0.2, 0.25) is 5.41 Å². The summed E-state index contributed by atoms with van der Waals surface area (Å²) in [5, 5.41) is 0. The van der Waals surface area contributed by atoms with Gasteiger partial charge in [0, 0.05) is 0 Å². The van der Waals surface area contributed by atoms with Gasteiger partial charge in [-0.25, -0.2) is 0 Å². The third-order valence-corrected chi connectivity index (χ3v) is 3.20. The molecule has 0 saturated heterocycles. The zero-order valence-corrected chi connectivity index (χ0v) is 12.0. The summed E-state index contributed by atoms with van der Waals surface area (Å²) in [5.74, 6) is 0. The molecule has 0 N–H and O–H groups in total. The van der Waals surface area contributed by atoms with Crippen molar-refractivity contribution >= 4 is 0 Å². The number of allylic oxidation sites excluding steroid dienone is 6. The summed E-state index contributed by atoms with van der Waals surface area (Å²) in [4.78, 5) is 0. The lowest BCUT2D eigenvalue weighted by Gasteiger charge is -2.39. The van der Waals surface area contributed by atoms with Crippen molar-refractivity contribution < 1.29 is 26.3 Å². The van der Waals surface area contributed by atoms with Crippen molar-refractivity contribution in [3.63, 3.8) is 0 Å². The molecule has 0 saturated carbocycles. The molecule has 0 unspecified atom stereocenters. The van der Waals surface area contributed by atoms with Crippen LogP contribution in [0.1, 0.15) is 5.56 Å². The van der Waals surface area contributed by atoms with Crippen molar-refractivity contribution in [2.75, 3.05) is 0 Å². The van der Waals surface area contributed by atoms with Crippen LogP contribution in [-0.4, -0.2) is 12.4 Å². The lowest BCUT2D eigenvalue weighted by Crippen LogP contribution is -2.55. The van der Waals surface area contributed by atoms with Gasteiger partial charge in [-0.3, -0.25) is 0 Å². The molecule has 1 rings (SSSR count). The van der Waals surface area contributed by atoms with E-state index in [0.717, 1.165) is 48.6 Å². The predicted molar refractivity (Wildman–Crippen MR) is 77.8 cm³/mol. The van der Waals surface area contributed by atoms with E-state index < -0.39 is 28.9 Å². The Bertz CT molecular complexity index is 588. The van der Waals surface area contributed by atoms with Crippen molar-refractivity contribution in [3.8, 4) is 0 Å². The summed E-state index contributed by atoms with van der Waals surface area (Å²) in [7, 11) is 0. The minimum absolute atomic E-state index is 0.702. The molecular weight excluding hydrogens is 318 g/mol. The second kappa shape index (κ2) is 6.89. The molecule has 0 aliphatic heterocycles. The normalized spacial score (nSPS) is 14.1. The predicted octanol–water partition coefficient (Wildman–Crippen LogP) is 5.90. The van der Waals surface area contributed by atoms with Gasteiger partial charge in [0.1, 0.15) is 0 Å². The number of hydrogen-bond acceptors (Lipinski definition) is 0. The molecule has 6 heteroatoms. The van der Waals surface area contributed by atoms with E-state index in [1.807, 2.05) is 0 Å². The first-order valence-corrected chi connectivity index (χ1v) is 6.44. The van der Waals surface area contributed by atoms with Gasteiger partial charge in [0.05, 0.1) is 0 Å². The van der Waals surface area contributed by atoms with Crippen molar-refractivity contribution in [1.29, 1.82) is 0 Å². The first-order chi connectivity index (χ1) is 10.6. The molecule has 0 aliphatic carbocycles. The number of rotatable bonds is 5. The molecule has 0 amide bonds. The van der Waals surface area contributed by atoms with E-state index in [-0.39, 0.29) is 0 Å². The molecule has 0 spiro atoms. The smallest absolute Gasteiger partial charge is 0.169 e. The molecule has 0 bridgehead atoms. The quantitative estimate of drug-likeness (QED) is 0.465. The van der Waals surface area contributed by atoms with E-state index in [4.69, 9.17) is 0 Å². The van der Waals surface area contributed by atoms with Crippen LogP contribution < -0.4 is 0 Å². The summed E-state index contributed by atoms with van der Waals surface area (Å²) in [5.41, 5.74) is -6.06. The van der Waals surface area contributed by atoms with Gasteiger partial charge < -0.3 is 0 Å². The van der Waals surface area contributed by atoms with Crippen LogP contribution >= 0.6 is 0 Å². The summed E-state index contributed by atoms with van der Waals surface area (Å²) in [6.45, 7) is 6.48. The Balaban J connectivity index is 3.92. The number of benzene rings is 1. The van der Waals surface area contributed by atoms with Gasteiger partial charge >= 0.3 is 12.4 Å². The second-order valence-corrected chi connectivity index (χ2v) is 4.56. The van der Waals surface area contributed by atoms with Gasteiger partial charge in [-0.1, -0.05) is 73.9 Å². The Kier molecular flexibility index (Phi) is 5.64. The third-order valence-electron chi connectivity index (χ3n) is 3.20. The largest absolute Gasteiger partial charge is 0.411 e. The van der Waals surface area contributed by atoms with Crippen molar-refractivity contribution in [2.45, 2.75) is 17.8 Å². The maximum Gasteiger partial charge on any atom is 0.411 e. The highest BCUT2D eigenvalue weighted by Gasteiger charge is 2.72. The summed E-state index contributed by atoms with van der Waals surface area (Å²) >= 11 is 0. The maximum absolute atomic E-state index is 13.7. The molecule has 0 atom stereocenters. The highest BCUT2D eigenvalue weighted by atomic mass is 19.4. The molecule has 124 valence electrons. The fourth-order valence-electron chi connectivity index (χ4n) is 2.27. The maximum atomic E-state index is 13.7. The highest BCUT2D eigenvalue weighted by molar-refractivity contribution is 5.48. The summed E-state index contributed by atoms with van der Waals surface area (Å²) < 4.78 is 82.2. The van der Waals surface area contributed by atoms with Gasteiger partial charge in [-0.05, 0) is 11.1 Å². The molecule has 0 fully saturated rings. The zero-order chi connectivity index (χ0) is 17.7. The Morgan fingerprint density at radius 3 is 1.74 bits per heavy atom. The molecule has 0 aliphatic rings. The SMILES string of the molecule is C=C/C=C\C(=C/C=C)C(c1ccccc1)(C(F)(F)F)C(F)(F)F. The molecule has 1 aromatic rings. The molecule has 23 heavy (non-hydrogen) atoms. The summed E-state index contributed by atoms with van der Waals surface area (Å²) in [6, 6.07) is 5.21. The molecule has 0 radical (unpaired) electrons. The van der Waals surface area contributed by atoms with Gasteiger partial charge in [-0.2, -0.15) is 26.3 Å². The van der Waals surface area contributed by atoms with Crippen LogP contribution in [0.4, 0.5) is 26.3 Å². The third kappa shape index (κ3) is 3.41. The van der Waals surface area contributed by atoms with Crippen LogP contribution in [0.25, 0.3) is 0 Å². The highest BCUT2D eigenvalue weighted by Crippen LogP contribution is 2.56. The van der Waals surface area contributed by atoms with Crippen LogP contribution in [-0.2, 0) is 5.41 Å². The van der Waals surface area contributed by atoms with E-state index in [2.05, 4.69) is 13.2 Å². The van der Waals surface area contributed by atoms with Crippen LogP contribution in [0, 0.1) is 0 Å². The molecular formula is C17H14F6. The van der Waals surface area contributed by atoms with E-state index in [0.29, 0.717) is 6.08 Å². The minimum Gasteiger partial charge on any atom is -0.169 e. The standard InChI is InChI=1S/C17H14F6/c1-3-5-10-13(9-4-2)15(16(18,19)20,17(21,22)23)14-11-7-6-8-12-14/h3-12H,1-2H2/b10-5-,13-9+. The van der Waals surface area contributed by atoms with Crippen LogP contribution in [0.3, 0.4) is 0 Å². The topological polar surface area (TPSA) is 0 Å². The van der Waals surface area contributed by atoms with Crippen LogP contribution in [0.2, 0.25) is 0 Å². The zero-order valence-electron chi connectivity index (χ0n) is 12.0. The van der Waals surface area contributed by atoms with E-state index >= 15 is 0 Å². The fourth-order valence-corrected chi connectivity index (χ4v) is 2.27. The van der Waals surface area contributed by atoms with Gasteiger partial charge in [-0.15, -0.1) is 0 Å². The molecule has 0 nitrogen and oxygen atoms in total. The Labute approximate surface area is 130 Å². The minimum atomic E-state index is -5.60. The fraction of sp³-hybridized carbons (Fsp3) is 0.176. The number of hydrogen-bond donors (Lipinski definition) is 0. The average Bonchev–Trinajstić information content (AvgIpc) is 2.43. The second-order valence-electron chi connectivity index (χ2n) is 4.56. The van der Waals surface area contributed by atoms with E-state index in [9.17, 15) is 26.3 Å². The van der Waals surface area contributed by atoms with Crippen molar-refractivity contribution in [2.24, 2.45) is 0 Å². The number of halogens is 6. The van der Waals surface area contributed by atoms with Crippen molar-refractivity contribution in [1.82, 2.24) is 0 Å². The first-order valence-electron chi connectivity index (χ1n) is 6.44. The lowest BCUT2D eigenvalue weighted by atomic mass is 9.72. The monoisotopic (exact) mass is 332 g/mol. The Morgan fingerprint density at radius 1 is 0.826 bits per heavy atom. The summed E-state index contributed by atoms with van der Waals surface area (Å²) in [6.07, 6.45) is -6.77.